The van der Waals surface area contributed by atoms with Crippen LogP contribution in [0.15, 0.2) is 53.9 Å². The van der Waals surface area contributed by atoms with Crippen molar-refractivity contribution in [2.24, 2.45) is 13.0 Å². The molecule has 0 spiro atoms. The lowest BCUT2D eigenvalue weighted by Crippen LogP contribution is -2.49. The van der Waals surface area contributed by atoms with Crippen LogP contribution >= 0.6 is 0 Å². The van der Waals surface area contributed by atoms with Gasteiger partial charge in [0.2, 0.25) is 6.79 Å². The van der Waals surface area contributed by atoms with E-state index in [2.05, 4.69) is 14.6 Å². The largest absolute Gasteiger partial charge is 0.488 e. The van der Waals surface area contributed by atoms with Crippen LogP contribution in [0, 0.1) is 5.92 Å². The Hall–Kier alpha value is -3.81. The average molecular weight is 586 g/mol. The topological polar surface area (TPSA) is 135 Å². The van der Waals surface area contributed by atoms with E-state index >= 15 is 0 Å². The Bertz CT molecular complexity index is 1530. The van der Waals surface area contributed by atoms with Crippen LogP contribution in [0.3, 0.4) is 0 Å². The molecule has 2 aromatic carbocycles. The predicted octanol–water partition coefficient (Wildman–Crippen LogP) is 2.30. The van der Waals surface area contributed by atoms with Crippen LogP contribution in [0.5, 0.6) is 17.2 Å². The number of hydrogen-bond acceptors (Lipinski definition) is 9. The van der Waals surface area contributed by atoms with Crippen molar-refractivity contribution >= 4 is 21.6 Å². The third kappa shape index (κ3) is 6.26. The molecule has 3 heterocycles. The molecule has 3 aromatic rings. The molecule has 0 bridgehead atoms. The first kappa shape index (κ1) is 28.7. The normalized spacial score (nSPS) is 19.4. The smallest absolute Gasteiger partial charge is 0.280 e. The number of nitrogens with zero attached hydrogens (tertiary/aromatic N) is 4. The van der Waals surface area contributed by atoms with Gasteiger partial charge in [0, 0.05) is 44.5 Å². The van der Waals surface area contributed by atoms with E-state index in [9.17, 15) is 18.3 Å². The molecular formula is C28H35N5O7S. The first-order valence-corrected chi connectivity index (χ1v) is 14.8. The number of nitrogens with one attached hydrogen (secondary N) is 1. The summed E-state index contributed by atoms with van der Waals surface area (Å²) >= 11 is 0. The standard InChI is InChI=1S/C28H35N5O7S/c1-18-11-33(19(2)15-34)28(35)22-10-21(30-41(36,37)27-14-32(4)16-29-27)6-8-23(22)40-26(18)13-31(3)12-20-5-7-24-25(9-20)39-17-38-24/h5-10,14,16,18-19,26,30,34H,11-13,15,17H2,1-4H3/t18-,19-,26+/m1/s1. The van der Waals surface area contributed by atoms with Gasteiger partial charge in [-0.2, -0.15) is 8.42 Å². The summed E-state index contributed by atoms with van der Waals surface area (Å²) in [5.74, 6) is 1.39. The molecule has 1 amide bonds. The van der Waals surface area contributed by atoms with Gasteiger partial charge in [0.15, 0.2) is 16.5 Å². The lowest BCUT2D eigenvalue weighted by atomic mass is 9.99. The molecule has 2 aliphatic rings. The molecule has 2 aliphatic heterocycles. The second-order valence-corrected chi connectivity index (χ2v) is 12.3. The number of rotatable bonds is 9. The first-order chi connectivity index (χ1) is 19.5. The molecule has 5 rings (SSSR count). The third-order valence-electron chi connectivity index (χ3n) is 7.25. The molecule has 0 radical (unpaired) electrons. The van der Waals surface area contributed by atoms with Gasteiger partial charge in [-0.05, 0) is 49.9 Å². The Morgan fingerprint density at radius 3 is 2.66 bits per heavy atom. The van der Waals surface area contributed by atoms with E-state index < -0.39 is 16.1 Å². The van der Waals surface area contributed by atoms with Gasteiger partial charge >= 0.3 is 0 Å². The second-order valence-electron chi connectivity index (χ2n) is 10.7. The highest BCUT2D eigenvalue weighted by atomic mass is 32.2. The number of sulfonamides is 1. The van der Waals surface area contributed by atoms with E-state index in [1.165, 1.54) is 23.2 Å². The second kappa shape index (κ2) is 11.6. The molecule has 3 atom stereocenters. The SMILES string of the molecule is C[C@@H]1CN([C@H](C)CO)C(=O)c2cc(NS(=O)(=O)c3cn(C)cn3)ccc2O[C@H]1CN(C)Cc1ccc2c(c1)OCO2. The summed E-state index contributed by atoms with van der Waals surface area (Å²) in [5.41, 5.74) is 1.47. The van der Waals surface area contributed by atoms with Crippen LogP contribution < -0.4 is 18.9 Å². The van der Waals surface area contributed by atoms with E-state index in [4.69, 9.17) is 14.2 Å². The van der Waals surface area contributed by atoms with Gasteiger partial charge in [0.05, 0.1) is 24.5 Å². The number of amides is 1. The van der Waals surface area contributed by atoms with Crippen molar-refractivity contribution in [1.29, 1.82) is 0 Å². The minimum absolute atomic E-state index is 0.0670. The highest BCUT2D eigenvalue weighted by Gasteiger charge is 2.34. The van der Waals surface area contributed by atoms with Gasteiger partial charge in [0.25, 0.3) is 15.9 Å². The van der Waals surface area contributed by atoms with Crippen molar-refractivity contribution in [3.63, 3.8) is 0 Å². The molecule has 1 aromatic heterocycles. The molecular weight excluding hydrogens is 550 g/mol. The van der Waals surface area contributed by atoms with Crippen molar-refractivity contribution < 1.29 is 32.5 Å². The Balaban J connectivity index is 1.40. The van der Waals surface area contributed by atoms with Crippen molar-refractivity contribution in [1.82, 2.24) is 19.4 Å². The molecule has 0 aliphatic carbocycles. The number of hydrogen-bond donors (Lipinski definition) is 2. The van der Waals surface area contributed by atoms with Gasteiger partial charge in [-0.25, -0.2) is 4.98 Å². The Morgan fingerprint density at radius 2 is 1.93 bits per heavy atom. The summed E-state index contributed by atoms with van der Waals surface area (Å²) in [6.07, 6.45) is 2.48. The zero-order chi connectivity index (χ0) is 29.3. The number of likely N-dealkylation sites (N-methyl/N-ethyl adjacent to an activating group) is 1. The number of aryl methyl sites for hydroxylation is 1. The molecule has 41 heavy (non-hydrogen) atoms. The molecule has 12 nitrogen and oxygen atoms in total. The van der Waals surface area contributed by atoms with Crippen molar-refractivity contribution in [3.8, 4) is 17.2 Å². The Labute approximate surface area is 239 Å². The summed E-state index contributed by atoms with van der Waals surface area (Å²) in [7, 11) is -0.298. The number of carbonyl (C=O) groups excluding carboxylic acids is 1. The maximum Gasteiger partial charge on any atom is 0.280 e. The zero-order valence-corrected chi connectivity index (χ0v) is 24.3. The van der Waals surface area contributed by atoms with Gasteiger partial charge < -0.3 is 28.8 Å². The van der Waals surface area contributed by atoms with E-state index in [-0.39, 0.29) is 47.6 Å². The fraction of sp³-hybridized carbons (Fsp3) is 0.429. The molecule has 0 fully saturated rings. The summed E-state index contributed by atoms with van der Waals surface area (Å²) in [6, 6.07) is 10.1. The maximum absolute atomic E-state index is 13.7. The minimum atomic E-state index is -3.97. The number of benzene rings is 2. The summed E-state index contributed by atoms with van der Waals surface area (Å²) in [5, 5.41) is 9.79. The lowest BCUT2D eigenvalue weighted by molar-refractivity contribution is 0.0341. The van der Waals surface area contributed by atoms with Crippen LogP contribution in [-0.4, -0.2) is 84.5 Å². The van der Waals surface area contributed by atoms with E-state index in [1.807, 2.05) is 32.2 Å². The van der Waals surface area contributed by atoms with Crippen LogP contribution in [0.4, 0.5) is 5.69 Å². The number of imidazole rings is 1. The molecule has 13 heteroatoms. The van der Waals surface area contributed by atoms with Crippen molar-refractivity contribution in [2.75, 3.05) is 38.3 Å². The number of anilines is 1. The highest BCUT2D eigenvalue weighted by molar-refractivity contribution is 7.92. The first-order valence-electron chi connectivity index (χ1n) is 13.3. The van der Waals surface area contributed by atoms with Gasteiger partial charge in [-0.3, -0.25) is 14.4 Å². The number of aliphatic hydroxyl groups is 1. The van der Waals surface area contributed by atoms with E-state index in [0.29, 0.717) is 25.4 Å². The number of aromatic nitrogens is 2. The number of carbonyl (C=O) groups is 1. The number of aliphatic hydroxyl groups excluding tert-OH is 1. The van der Waals surface area contributed by atoms with Gasteiger partial charge in [-0.15, -0.1) is 0 Å². The van der Waals surface area contributed by atoms with Crippen molar-refractivity contribution in [3.05, 3.63) is 60.0 Å². The Kier molecular flexibility index (Phi) is 8.11. The molecule has 0 saturated heterocycles. The summed E-state index contributed by atoms with van der Waals surface area (Å²) in [4.78, 5) is 21.4. The van der Waals surface area contributed by atoms with E-state index in [1.54, 1.807) is 31.0 Å². The number of ether oxygens (including phenoxy) is 3. The molecule has 0 saturated carbocycles. The van der Waals surface area contributed by atoms with Gasteiger partial charge in [-0.1, -0.05) is 13.0 Å². The lowest BCUT2D eigenvalue weighted by Gasteiger charge is -2.38. The van der Waals surface area contributed by atoms with Crippen LogP contribution in [-0.2, 0) is 23.6 Å². The van der Waals surface area contributed by atoms with Crippen LogP contribution in [0.1, 0.15) is 29.8 Å². The maximum atomic E-state index is 13.7. The quantitative estimate of drug-likeness (QED) is 0.388. The molecule has 220 valence electrons. The molecule has 0 unspecified atom stereocenters. The van der Waals surface area contributed by atoms with E-state index in [0.717, 1.165) is 17.1 Å². The summed E-state index contributed by atoms with van der Waals surface area (Å²) < 4.78 is 47.1. The van der Waals surface area contributed by atoms with Crippen LogP contribution in [0.25, 0.3) is 0 Å². The highest BCUT2D eigenvalue weighted by Crippen LogP contribution is 2.34. The monoisotopic (exact) mass is 585 g/mol. The zero-order valence-electron chi connectivity index (χ0n) is 23.5. The third-order valence-corrected chi connectivity index (χ3v) is 8.52. The van der Waals surface area contributed by atoms with Crippen LogP contribution in [0.2, 0.25) is 0 Å². The number of fused-ring (bicyclic) bond motifs is 2. The predicted molar refractivity (Wildman–Crippen MR) is 151 cm³/mol. The average Bonchev–Trinajstić information content (AvgIpc) is 3.59. The minimum Gasteiger partial charge on any atom is -0.488 e. The van der Waals surface area contributed by atoms with Gasteiger partial charge in [0.1, 0.15) is 11.9 Å². The Morgan fingerprint density at radius 1 is 1.17 bits per heavy atom. The fourth-order valence-corrected chi connectivity index (χ4v) is 5.99. The fourth-order valence-electron chi connectivity index (χ4n) is 4.96. The molecule has 2 N–H and O–H groups in total. The van der Waals surface area contributed by atoms with Crippen molar-refractivity contribution in [2.45, 2.75) is 37.6 Å². The summed E-state index contributed by atoms with van der Waals surface area (Å²) in [6.45, 7) is 5.35.